The molecule has 0 bridgehead atoms. The van der Waals surface area contributed by atoms with Gasteiger partial charge in [-0.2, -0.15) is 5.10 Å². The van der Waals surface area contributed by atoms with Crippen LogP contribution in [0.5, 0.6) is 0 Å². The van der Waals surface area contributed by atoms with Crippen LogP contribution in [-0.2, 0) is 6.42 Å². The lowest BCUT2D eigenvalue weighted by Gasteiger charge is -2.10. The van der Waals surface area contributed by atoms with E-state index in [1.807, 2.05) is 24.4 Å². The van der Waals surface area contributed by atoms with Crippen LogP contribution >= 0.6 is 0 Å². The van der Waals surface area contributed by atoms with Gasteiger partial charge in [-0.25, -0.2) is 4.98 Å². The van der Waals surface area contributed by atoms with Gasteiger partial charge in [0.25, 0.3) is 0 Å². The number of hydrogen-bond donors (Lipinski definition) is 3. The fourth-order valence-corrected chi connectivity index (χ4v) is 2.03. The van der Waals surface area contributed by atoms with Gasteiger partial charge in [0, 0.05) is 47.5 Å². The lowest BCUT2D eigenvalue weighted by atomic mass is 10.1. The van der Waals surface area contributed by atoms with E-state index in [9.17, 15) is 0 Å². The quantitative estimate of drug-likeness (QED) is 0.615. The molecule has 0 saturated heterocycles. The molecule has 0 amide bonds. The number of nitrogens with one attached hydrogen (secondary N) is 2. The molecule has 2 heterocycles. The van der Waals surface area contributed by atoms with Crippen molar-refractivity contribution in [2.75, 3.05) is 17.6 Å². The monoisotopic (exact) mass is 254 g/mol. The standard InChI is InChI=1S/C13H14N6/c14-11-1-2-12(10-7-15-5-3-9(10)11)16-6-4-13-17-8-18-19-13/h1-3,5,7-8,16H,4,6,14H2,(H,17,18,19). The molecule has 0 fully saturated rings. The highest BCUT2D eigenvalue weighted by Crippen LogP contribution is 2.27. The second-order valence-corrected chi connectivity index (χ2v) is 4.23. The Morgan fingerprint density at radius 1 is 1.21 bits per heavy atom. The highest BCUT2D eigenvalue weighted by atomic mass is 15.2. The summed E-state index contributed by atoms with van der Waals surface area (Å²) in [6.07, 6.45) is 5.86. The van der Waals surface area contributed by atoms with E-state index in [0.29, 0.717) is 0 Å². The Morgan fingerprint density at radius 2 is 2.16 bits per heavy atom. The largest absolute Gasteiger partial charge is 0.398 e. The summed E-state index contributed by atoms with van der Waals surface area (Å²) in [5.74, 6) is 0.866. The first kappa shape index (κ1) is 11.5. The number of rotatable bonds is 4. The molecule has 0 spiro atoms. The minimum absolute atomic E-state index is 0.762. The zero-order chi connectivity index (χ0) is 13.1. The molecule has 19 heavy (non-hydrogen) atoms. The summed E-state index contributed by atoms with van der Waals surface area (Å²) in [5, 5.41) is 12.1. The smallest absolute Gasteiger partial charge is 0.137 e. The van der Waals surface area contributed by atoms with Gasteiger partial charge >= 0.3 is 0 Å². The zero-order valence-electron chi connectivity index (χ0n) is 10.3. The molecule has 96 valence electrons. The maximum absolute atomic E-state index is 5.95. The maximum Gasteiger partial charge on any atom is 0.137 e. The second-order valence-electron chi connectivity index (χ2n) is 4.23. The number of benzene rings is 1. The van der Waals surface area contributed by atoms with Crippen LogP contribution in [0.15, 0.2) is 36.9 Å². The molecule has 0 unspecified atom stereocenters. The van der Waals surface area contributed by atoms with Crippen LogP contribution in [-0.4, -0.2) is 26.7 Å². The van der Waals surface area contributed by atoms with E-state index < -0.39 is 0 Å². The number of H-pyrrole nitrogens is 1. The lowest BCUT2D eigenvalue weighted by Crippen LogP contribution is -2.06. The molecule has 6 nitrogen and oxygen atoms in total. The highest BCUT2D eigenvalue weighted by molar-refractivity contribution is 6.00. The number of nitrogens with two attached hydrogens (primary N) is 1. The van der Waals surface area contributed by atoms with Crippen molar-refractivity contribution in [3.8, 4) is 0 Å². The Hall–Kier alpha value is -2.63. The summed E-state index contributed by atoms with van der Waals surface area (Å²) in [6, 6.07) is 5.80. The molecule has 0 aliphatic rings. The van der Waals surface area contributed by atoms with E-state index in [0.717, 1.165) is 40.9 Å². The van der Waals surface area contributed by atoms with E-state index in [1.165, 1.54) is 6.33 Å². The van der Waals surface area contributed by atoms with Gasteiger partial charge in [0.1, 0.15) is 12.2 Å². The van der Waals surface area contributed by atoms with Crippen molar-refractivity contribution >= 4 is 22.1 Å². The number of nitrogens with zero attached hydrogens (tertiary/aromatic N) is 3. The third-order valence-electron chi connectivity index (χ3n) is 2.99. The molecule has 3 aromatic rings. The van der Waals surface area contributed by atoms with Crippen LogP contribution in [0.3, 0.4) is 0 Å². The number of hydrogen-bond acceptors (Lipinski definition) is 5. The first-order valence-corrected chi connectivity index (χ1v) is 6.05. The summed E-state index contributed by atoms with van der Waals surface area (Å²) in [7, 11) is 0. The van der Waals surface area contributed by atoms with Crippen LogP contribution in [0, 0.1) is 0 Å². The Bertz CT molecular complexity index is 677. The van der Waals surface area contributed by atoms with Gasteiger partial charge in [0.2, 0.25) is 0 Å². The van der Waals surface area contributed by atoms with Crippen molar-refractivity contribution in [3.63, 3.8) is 0 Å². The molecular formula is C13H14N6. The number of aromatic amines is 1. The third kappa shape index (κ3) is 2.33. The Balaban J connectivity index is 1.79. The number of fused-ring (bicyclic) bond motifs is 1. The highest BCUT2D eigenvalue weighted by Gasteiger charge is 2.04. The summed E-state index contributed by atoms with van der Waals surface area (Å²) < 4.78 is 0. The first-order valence-electron chi connectivity index (χ1n) is 6.05. The molecule has 0 atom stereocenters. The number of aromatic nitrogens is 4. The molecule has 2 aromatic heterocycles. The van der Waals surface area contributed by atoms with Gasteiger partial charge < -0.3 is 11.1 Å². The van der Waals surface area contributed by atoms with E-state index in [1.54, 1.807) is 6.20 Å². The molecule has 0 aliphatic carbocycles. The van der Waals surface area contributed by atoms with Gasteiger partial charge in [0.15, 0.2) is 0 Å². The first-order chi connectivity index (χ1) is 9.34. The number of nitrogen functional groups attached to an aromatic ring is 1. The molecule has 1 aromatic carbocycles. The summed E-state index contributed by atoms with van der Waals surface area (Å²) in [5.41, 5.74) is 7.74. The van der Waals surface area contributed by atoms with Gasteiger partial charge in [-0.3, -0.25) is 10.1 Å². The summed E-state index contributed by atoms with van der Waals surface area (Å²) in [4.78, 5) is 8.23. The average molecular weight is 254 g/mol. The molecule has 4 N–H and O–H groups in total. The molecule has 0 radical (unpaired) electrons. The summed E-state index contributed by atoms with van der Waals surface area (Å²) in [6.45, 7) is 0.767. The fourth-order valence-electron chi connectivity index (χ4n) is 2.03. The lowest BCUT2D eigenvalue weighted by molar-refractivity contribution is 0.902. The van der Waals surface area contributed by atoms with E-state index in [-0.39, 0.29) is 0 Å². The van der Waals surface area contributed by atoms with Crippen molar-refractivity contribution in [1.29, 1.82) is 0 Å². The second kappa shape index (κ2) is 4.93. The molecule has 0 aliphatic heterocycles. The van der Waals surface area contributed by atoms with Crippen LogP contribution in [0.2, 0.25) is 0 Å². The SMILES string of the molecule is Nc1ccc(NCCc2ncn[nH]2)c2cnccc12. The van der Waals surface area contributed by atoms with Gasteiger partial charge in [-0.1, -0.05) is 0 Å². The average Bonchev–Trinajstić information content (AvgIpc) is 2.95. The fraction of sp³-hybridized carbons (Fsp3) is 0.154. The van der Waals surface area contributed by atoms with Crippen LogP contribution in [0.25, 0.3) is 10.8 Å². The minimum atomic E-state index is 0.762. The zero-order valence-corrected chi connectivity index (χ0v) is 10.3. The van der Waals surface area contributed by atoms with E-state index >= 15 is 0 Å². The number of anilines is 2. The molecule has 3 rings (SSSR count). The Labute approximate surface area is 110 Å². The van der Waals surface area contributed by atoms with Crippen LogP contribution in [0.4, 0.5) is 11.4 Å². The van der Waals surface area contributed by atoms with Crippen LogP contribution < -0.4 is 11.1 Å². The normalized spacial score (nSPS) is 10.7. The van der Waals surface area contributed by atoms with Crippen molar-refractivity contribution in [1.82, 2.24) is 20.2 Å². The van der Waals surface area contributed by atoms with Crippen molar-refractivity contribution < 1.29 is 0 Å². The van der Waals surface area contributed by atoms with E-state index in [2.05, 4.69) is 25.5 Å². The van der Waals surface area contributed by atoms with Crippen molar-refractivity contribution in [2.45, 2.75) is 6.42 Å². The molecule has 6 heteroatoms. The van der Waals surface area contributed by atoms with E-state index in [4.69, 9.17) is 5.73 Å². The summed E-state index contributed by atoms with van der Waals surface area (Å²) >= 11 is 0. The van der Waals surface area contributed by atoms with Gasteiger partial charge in [-0.05, 0) is 18.2 Å². The van der Waals surface area contributed by atoms with Gasteiger partial charge in [0.05, 0.1) is 0 Å². The third-order valence-corrected chi connectivity index (χ3v) is 2.99. The Kier molecular flexibility index (Phi) is 2.97. The topological polar surface area (TPSA) is 92.5 Å². The molecular weight excluding hydrogens is 240 g/mol. The maximum atomic E-state index is 5.95. The minimum Gasteiger partial charge on any atom is -0.398 e. The van der Waals surface area contributed by atoms with Gasteiger partial charge in [-0.15, -0.1) is 0 Å². The predicted octanol–water partition coefficient (Wildman–Crippen LogP) is 1.59. The predicted molar refractivity (Wildman–Crippen MR) is 74.7 cm³/mol. The Morgan fingerprint density at radius 3 is 3.00 bits per heavy atom. The van der Waals surface area contributed by atoms with Crippen molar-refractivity contribution in [2.24, 2.45) is 0 Å². The molecule has 0 saturated carbocycles. The number of pyridine rings is 1. The van der Waals surface area contributed by atoms with Crippen LogP contribution in [0.1, 0.15) is 5.82 Å². The van der Waals surface area contributed by atoms with Crippen molar-refractivity contribution in [3.05, 3.63) is 42.7 Å².